The van der Waals surface area contributed by atoms with Gasteiger partial charge >= 0.3 is 5.97 Å². The Morgan fingerprint density at radius 3 is 2.75 bits per heavy atom. The topological polar surface area (TPSA) is 63.3 Å². The summed E-state index contributed by atoms with van der Waals surface area (Å²) in [6.45, 7) is 0. The Kier molecular flexibility index (Phi) is 7.75. The van der Waals surface area contributed by atoms with Crippen LogP contribution in [0.4, 0.5) is 0 Å². The maximum atomic E-state index is 10.3. The molecule has 0 fully saturated rings. The van der Waals surface area contributed by atoms with Crippen LogP contribution in [-0.2, 0) is 4.79 Å². The van der Waals surface area contributed by atoms with Gasteiger partial charge in [-0.3, -0.25) is 4.79 Å². The summed E-state index contributed by atoms with van der Waals surface area (Å²) in [7, 11) is 0. The Morgan fingerprint density at radius 1 is 1.58 bits per heavy atom. The summed E-state index contributed by atoms with van der Waals surface area (Å²) in [6, 6.07) is -0.714. The first-order valence-electron chi connectivity index (χ1n) is 3.80. The Labute approximate surface area is 81.7 Å². The second kappa shape index (κ2) is 7.71. The summed E-state index contributed by atoms with van der Waals surface area (Å²) >= 11 is 7.16. The van der Waals surface area contributed by atoms with Gasteiger partial charge in [0.1, 0.15) is 6.04 Å². The Hall–Kier alpha value is 0.0700. The Bertz CT molecular complexity index is 135. The van der Waals surface area contributed by atoms with Crippen molar-refractivity contribution in [3.05, 3.63) is 0 Å². The molecule has 0 aliphatic rings. The van der Waals surface area contributed by atoms with Crippen LogP contribution < -0.4 is 5.73 Å². The van der Waals surface area contributed by atoms with E-state index in [1.807, 2.05) is 0 Å². The van der Waals surface area contributed by atoms with Crippen molar-refractivity contribution in [2.24, 2.45) is 5.73 Å². The predicted octanol–water partition coefficient (Wildman–Crippen LogP) is 1.15. The van der Waals surface area contributed by atoms with Crippen molar-refractivity contribution < 1.29 is 9.90 Å². The maximum Gasteiger partial charge on any atom is 0.320 e. The SMILES string of the molecule is N[C@H](CCSCCCCl)C(=O)O. The van der Waals surface area contributed by atoms with Gasteiger partial charge in [-0.2, -0.15) is 11.8 Å². The zero-order valence-corrected chi connectivity index (χ0v) is 8.40. The summed E-state index contributed by atoms with van der Waals surface area (Å²) in [5, 5.41) is 8.43. The molecule has 0 saturated carbocycles. The molecule has 0 bridgehead atoms. The van der Waals surface area contributed by atoms with Gasteiger partial charge in [0, 0.05) is 5.88 Å². The van der Waals surface area contributed by atoms with Gasteiger partial charge in [0.2, 0.25) is 0 Å². The van der Waals surface area contributed by atoms with E-state index in [0.717, 1.165) is 17.9 Å². The van der Waals surface area contributed by atoms with Gasteiger partial charge in [0.15, 0.2) is 0 Å². The fourth-order valence-corrected chi connectivity index (χ4v) is 1.86. The van der Waals surface area contributed by atoms with Crippen molar-refractivity contribution >= 4 is 29.3 Å². The van der Waals surface area contributed by atoms with Crippen molar-refractivity contribution in [3.63, 3.8) is 0 Å². The molecule has 0 aromatic rings. The number of alkyl halides is 1. The van der Waals surface area contributed by atoms with Gasteiger partial charge in [-0.05, 0) is 24.3 Å². The number of aliphatic carboxylic acids is 1. The van der Waals surface area contributed by atoms with Crippen LogP contribution in [-0.4, -0.2) is 34.5 Å². The first-order valence-corrected chi connectivity index (χ1v) is 5.49. The molecule has 0 aliphatic carbocycles. The second-order valence-electron chi connectivity index (χ2n) is 2.39. The molecule has 0 spiro atoms. The smallest absolute Gasteiger partial charge is 0.320 e. The lowest BCUT2D eigenvalue weighted by Crippen LogP contribution is -2.30. The van der Waals surface area contributed by atoms with Crippen molar-refractivity contribution in [3.8, 4) is 0 Å². The third-order valence-corrected chi connectivity index (χ3v) is 2.68. The highest BCUT2D eigenvalue weighted by Crippen LogP contribution is 2.06. The molecule has 0 saturated heterocycles. The summed E-state index contributed by atoms with van der Waals surface area (Å²) in [6.07, 6.45) is 1.50. The fourth-order valence-electron chi connectivity index (χ4n) is 0.592. The van der Waals surface area contributed by atoms with Crippen molar-refractivity contribution in [1.29, 1.82) is 0 Å². The molecule has 0 aliphatic heterocycles. The van der Waals surface area contributed by atoms with Crippen LogP contribution in [0.15, 0.2) is 0 Å². The summed E-state index contributed by atoms with van der Waals surface area (Å²) < 4.78 is 0. The summed E-state index contributed by atoms with van der Waals surface area (Å²) in [5.74, 6) is 1.52. The minimum atomic E-state index is -0.923. The molecule has 3 nitrogen and oxygen atoms in total. The second-order valence-corrected chi connectivity index (χ2v) is 3.99. The van der Waals surface area contributed by atoms with E-state index in [4.69, 9.17) is 22.4 Å². The van der Waals surface area contributed by atoms with Crippen molar-refractivity contribution in [1.82, 2.24) is 0 Å². The van der Waals surface area contributed by atoms with Crippen LogP contribution in [0.3, 0.4) is 0 Å². The van der Waals surface area contributed by atoms with Crippen molar-refractivity contribution in [2.45, 2.75) is 18.9 Å². The molecule has 72 valence electrons. The molecule has 0 amide bonds. The lowest BCUT2D eigenvalue weighted by molar-refractivity contribution is -0.138. The van der Waals surface area contributed by atoms with Gasteiger partial charge in [-0.1, -0.05) is 0 Å². The van der Waals surface area contributed by atoms with Gasteiger partial charge in [0.25, 0.3) is 0 Å². The standard InChI is InChI=1S/C7H14ClNO2S/c8-3-1-4-12-5-2-6(9)7(10)11/h6H,1-5,9H2,(H,10,11)/t6-/m1/s1. The molecule has 0 radical (unpaired) electrons. The minimum Gasteiger partial charge on any atom is -0.480 e. The van der Waals surface area contributed by atoms with Crippen LogP contribution in [0.1, 0.15) is 12.8 Å². The molecule has 0 heterocycles. The molecule has 12 heavy (non-hydrogen) atoms. The molecule has 5 heteroatoms. The zero-order valence-electron chi connectivity index (χ0n) is 6.83. The first-order chi connectivity index (χ1) is 5.68. The molecule has 0 aromatic heterocycles. The number of hydrogen-bond acceptors (Lipinski definition) is 3. The van der Waals surface area contributed by atoms with E-state index in [9.17, 15) is 4.79 Å². The molecular weight excluding hydrogens is 198 g/mol. The summed E-state index contributed by atoms with van der Waals surface area (Å²) in [5.41, 5.74) is 5.29. The number of rotatable bonds is 7. The molecule has 0 rings (SSSR count). The Morgan fingerprint density at radius 2 is 2.25 bits per heavy atom. The van der Waals surface area contributed by atoms with E-state index in [1.54, 1.807) is 11.8 Å². The highest BCUT2D eigenvalue weighted by Gasteiger charge is 2.09. The number of thioether (sulfide) groups is 1. The monoisotopic (exact) mass is 211 g/mol. The number of carbonyl (C=O) groups is 1. The van der Waals surface area contributed by atoms with E-state index in [-0.39, 0.29) is 0 Å². The number of halogens is 1. The van der Waals surface area contributed by atoms with Crippen LogP contribution in [0, 0.1) is 0 Å². The highest BCUT2D eigenvalue weighted by molar-refractivity contribution is 7.99. The number of carboxylic acid groups (broad SMARTS) is 1. The fraction of sp³-hybridized carbons (Fsp3) is 0.857. The van der Waals surface area contributed by atoms with E-state index >= 15 is 0 Å². The molecule has 1 atom stereocenters. The number of carboxylic acids is 1. The van der Waals surface area contributed by atoms with E-state index in [1.165, 1.54) is 0 Å². The van der Waals surface area contributed by atoms with Crippen molar-refractivity contribution in [2.75, 3.05) is 17.4 Å². The lowest BCUT2D eigenvalue weighted by Gasteiger charge is -2.04. The largest absolute Gasteiger partial charge is 0.480 e. The van der Waals surface area contributed by atoms with E-state index in [2.05, 4.69) is 0 Å². The average molecular weight is 212 g/mol. The minimum absolute atomic E-state index is 0.530. The lowest BCUT2D eigenvalue weighted by atomic mass is 10.2. The highest BCUT2D eigenvalue weighted by atomic mass is 35.5. The number of nitrogens with two attached hydrogens (primary N) is 1. The van der Waals surface area contributed by atoms with Gasteiger partial charge in [-0.15, -0.1) is 11.6 Å². The normalized spacial score (nSPS) is 12.8. The van der Waals surface area contributed by atoms with Crippen LogP contribution >= 0.6 is 23.4 Å². The van der Waals surface area contributed by atoms with E-state index < -0.39 is 12.0 Å². The zero-order chi connectivity index (χ0) is 9.40. The first kappa shape index (κ1) is 12.1. The van der Waals surface area contributed by atoms with Gasteiger partial charge in [-0.25, -0.2) is 0 Å². The molecule has 0 aromatic carbocycles. The van der Waals surface area contributed by atoms with Crippen LogP contribution in [0.25, 0.3) is 0 Å². The van der Waals surface area contributed by atoms with Crippen LogP contribution in [0.2, 0.25) is 0 Å². The van der Waals surface area contributed by atoms with Gasteiger partial charge < -0.3 is 10.8 Å². The van der Waals surface area contributed by atoms with Crippen LogP contribution in [0.5, 0.6) is 0 Å². The third kappa shape index (κ3) is 6.76. The molecule has 3 N–H and O–H groups in total. The quantitative estimate of drug-likeness (QED) is 0.490. The molecular formula is C7H14ClNO2S. The summed E-state index contributed by atoms with van der Waals surface area (Å²) in [4.78, 5) is 10.3. The van der Waals surface area contributed by atoms with E-state index in [0.29, 0.717) is 12.3 Å². The predicted molar refractivity (Wildman–Crippen MR) is 52.9 cm³/mol. The maximum absolute atomic E-state index is 10.3. The Balaban J connectivity index is 3.14. The third-order valence-electron chi connectivity index (χ3n) is 1.31. The van der Waals surface area contributed by atoms with Gasteiger partial charge in [0.05, 0.1) is 0 Å². The number of hydrogen-bond donors (Lipinski definition) is 2. The average Bonchev–Trinajstić information content (AvgIpc) is 2.03. The molecule has 0 unspecified atom stereocenters.